The molecule has 2 N–H and O–H groups in total. The fraction of sp³-hybridized carbons (Fsp3) is 0.333. The third-order valence-electron chi connectivity index (χ3n) is 3.86. The molecule has 1 heterocycles. The Kier molecular flexibility index (Phi) is 5.76. The number of anilines is 1. The molecule has 1 aromatic heterocycles. The Bertz CT molecular complexity index is 942. The Morgan fingerprint density at radius 3 is 2.35 bits per heavy atom. The van der Waals surface area contributed by atoms with Gasteiger partial charge in [0.05, 0.1) is 12.5 Å². The Morgan fingerprint density at radius 1 is 1.15 bits per heavy atom. The van der Waals surface area contributed by atoms with Gasteiger partial charge in [-0.25, -0.2) is 4.79 Å². The number of hydrogen-bond donors (Lipinski definition) is 1. The van der Waals surface area contributed by atoms with E-state index in [0.717, 1.165) is 14.7 Å². The van der Waals surface area contributed by atoms with Gasteiger partial charge in [-0.3, -0.25) is 23.5 Å². The van der Waals surface area contributed by atoms with Crippen LogP contribution in [0.5, 0.6) is 0 Å². The number of nitrogen functional groups attached to an aromatic ring is 1. The van der Waals surface area contributed by atoms with E-state index in [9.17, 15) is 19.2 Å². The van der Waals surface area contributed by atoms with E-state index < -0.39 is 35.5 Å². The van der Waals surface area contributed by atoms with E-state index in [1.165, 1.54) is 7.05 Å². The number of Topliss-reactive ketones (excluding diaryl/α,β-unsaturated/α-hetero) is 1. The lowest BCUT2D eigenvalue weighted by molar-refractivity contribution is -0.146. The summed E-state index contributed by atoms with van der Waals surface area (Å²) in [6.45, 7) is 2.74. The van der Waals surface area contributed by atoms with Crippen LogP contribution in [-0.2, 0) is 23.1 Å². The Hall–Kier alpha value is -3.16. The molecule has 1 aromatic carbocycles. The Morgan fingerprint density at radius 2 is 1.77 bits per heavy atom. The minimum atomic E-state index is -0.817. The topological polar surface area (TPSA) is 113 Å². The molecule has 0 radical (unpaired) electrons. The molecule has 0 atom stereocenters. The summed E-state index contributed by atoms with van der Waals surface area (Å²) in [5.74, 6) is -1.96. The predicted molar refractivity (Wildman–Crippen MR) is 96.0 cm³/mol. The zero-order valence-electron chi connectivity index (χ0n) is 14.9. The quantitative estimate of drug-likeness (QED) is 0.595. The maximum absolute atomic E-state index is 12.4. The van der Waals surface area contributed by atoms with Crippen molar-refractivity contribution in [3.8, 4) is 0 Å². The highest BCUT2D eigenvalue weighted by molar-refractivity contribution is 6.01. The van der Waals surface area contributed by atoms with E-state index in [-0.39, 0.29) is 17.9 Å². The first-order valence-electron chi connectivity index (χ1n) is 8.07. The van der Waals surface area contributed by atoms with E-state index in [1.807, 2.05) is 6.07 Å². The Labute approximate surface area is 149 Å². The second-order valence-electron chi connectivity index (χ2n) is 6.16. The molecule has 0 saturated carbocycles. The normalized spacial score (nSPS) is 10.8. The van der Waals surface area contributed by atoms with Crippen molar-refractivity contribution >= 4 is 17.6 Å². The molecule has 8 nitrogen and oxygen atoms in total. The van der Waals surface area contributed by atoms with Crippen LogP contribution in [0.3, 0.4) is 0 Å². The number of nitrogens with zero attached hydrogens (tertiary/aromatic N) is 2. The second-order valence-corrected chi connectivity index (χ2v) is 6.16. The second kappa shape index (κ2) is 7.81. The Balaban J connectivity index is 2.44. The fourth-order valence-corrected chi connectivity index (χ4v) is 2.34. The van der Waals surface area contributed by atoms with Gasteiger partial charge in [0.15, 0.2) is 6.61 Å². The van der Waals surface area contributed by atoms with Crippen molar-refractivity contribution in [3.05, 3.63) is 62.3 Å². The number of ketones is 1. The van der Waals surface area contributed by atoms with Crippen LogP contribution >= 0.6 is 0 Å². The van der Waals surface area contributed by atoms with Crippen molar-refractivity contribution in [1.29, 1.82) is 0 Å². The maximum Gasteiger partial charge on any atom is 0.332 e. The van der Waals surface area contributed by atoms with Gasteiger partial charge < -0.3 is 10.5 Å². The van der Waals surface area contributed by atoms with Crippen LogP contribution in [0, 0.1) is 5.92 Å². The minimum Gasteiger partial charge on any atom is -0.457 e. The van der Waals surface area contributed by atoms with Crippen LogP contribution in [0.4, 0.5) is 5.82 Å². The van der Waals surface area contributed by atoms with Gasteiger partial charge in [0.2, 0.25) is 5.78 Å². The molecule has 138 valence electrons. The number of carbonyl (C=O) groups is 2. The average Bonchev–Trinajstić information content (AvgIpc) is 2.62. The van der Waals surface area contributed by atoms with Crippen molar-refractivity contribution in [3.63, 3.8) is 0 Å². The van der Waals surface area contributed by atoms with E-state index in [0.29, 0.717) is 0 Å². The monoisotopic (exact) mass is 359 g/mol. The summed E-state index contributed by atoms with van der Waals surface area (Å²) in [7, 11) is 1.27. The highest BCUT2D eigenvalue weighted by Crippen LogP contribution is 2.10. The summed E-state index contributed by atoms with van der Waals surface area (Å²) >= 11 is 0. The smallest absolute Gasteiger partial charge is 0.332 e. The van der Waals surface area contributed by atoms with Crippen LogP contribution in [-0.4, -0.2) is 27.5 Å². The average molecular weight is 359 g/mol. The molecule has 0 amide bonds. The molecule has 8 heteroatoms. The molecule has 2 rings (SSSR count). The third kappa shape index (κ3) is 3.90. The molecule has 0 aliphatic carbocycles. The van der Waals surface area contributed by atoms with E-state index in [1.54, 1.807) is 38.1 Å². The van der Waals surface area contributed by atoms with Gasteiger partial charge in [0, 0.05) is 7.05 Å². The number of aromatic nitrogens is 2. The molecule has 0 spiro atoms. The SMILES string of the molecule is CC(C)C(=O)OCC(=O)c1c(N)n(Cc2ccccc2)c(=O)n(C)c1=O. The zero-order chi connectivity index (χ0) is 19.4. The van der Waals surface area contributed by atoms with Gasteiger partial charge in [0.25, 0.3) is 5.56 Å². The molecule has 0 aliphatic rings. The van der Waals surface area contributed by atoms with Gasteiger partial charge in [-0.1, -0.05) is 44.2 Å². The molecular formula is C18H21N3O5. The molecule has 0 aliphatic heterocycles. The summed E-state index contributed by atoms with van der Waals surface area (Å²) in [4.78, 5) is 48.7. The number of rotatable bonds is 6. The van der Waals surface area contributed by atoms with E-state index >= 15 is 0 Å². The first-order valence-corrected chi connectivity index (χ1v) is 8.07. The molecule has 26 heavy (non-hydrogen) atoms. The highest BCUT2D eigenvalue weighted by Gasteiger charge is 2.23. The van der Waals surface area contributed by atoms with E-state index in [2.05, 4.69) is 0 Å². The lowest BCUT2D eigenvalue weighted by Gasteiger charge is -2.15. The van der Waals surface area contributed by atoms with Gasteiger partial charge in [-0.2, -0.15) is 0 Å². The third-order valence-corrected chi connectivity index (χ3v) is 3.86. The molecule has 0 saturated heterocycles. The van der Waals surface area contributed by atoms with Gasteiger partial charge >= 0.3 is 11.7 Å². The maximum atomic E-state index is 12.4. The van der Waals surface area contributed by atoms with Crippen molar-refractivity contribution in [1.82, 2.24) is 9.13 Å². The molecule has 0 bridgehead atoms. The van der Waals surface area contributed by atoms with Crippen molar-refractivity contribution in [2.75, 3.05) is 12.3 Å². The van der Waals surface area contributed by atoms with Crippen LogP contribution in [0.2, 0.25) is 0 Å². The first-order chi connectivity index (χ1) is 12.2. The van der Waals surface area contributed by atoms with E-state index in [4.69, 9.17) is 10.5 Å². The van der Waals surface area contributed by atoms with Crippen LogP contribution < -0.4 is 17.0 Å². The summed E-state index contributed by atoms with van der Waals surface area (Å²) in [5.41, 5.74) is 4.93. The van der Waals surface area contributed by atoms with Crippen molar-refractivity contribution in [2.24, 2.45) is 13.0 Å². The highest BCUT2D eigenvalue weighted by atomic mass is 16.5. The van der Waals surface area contributed by atoms with Crippen LogP contribution in [0.25, 0.3) is 0 Å². The van der Waals surface area contributed by atoms with Gasteiger partial charge in [0.1, 0.15) is 11.4 Å². The number of nitrogens with two attached hydrogens (primary N) is 1. The molecule has 0 fully saturated rings. The number of benzene rings is 1. The number of esters is 1. The fourth-order valence-electron chi connectivity index (χ4n) is 2.34. The predicted octanol–water partition coefficient (Wildman–Crippen LogP) is 0.559. The van der Waals surface area contributed by atoms with Crippen molar-refractivity contribution in [2.45, 2.75) is 20.4 Å². The van der Waals surface area contributed by atoms with Gasteiger partial charge in [-0.15, -0.1) is 0 Å². The molecular weight excluding hydrogens is 338 g/mol. The van der Waals surface area contributed by atoms with Crippen LogP contribution in [0.1, 0.15) is 29.8 Å². The van der Waals surface area contributed by atoms with Crippen LogP contribution in [0.15, 0.2) is 39.9 Å². The summed E-state index contributed by atoms with van der Waals surface area (Å²) in [6, 6.07) is 9.02. The minimum absolute atomic E-state index is 0.103. The molecule has 2 aromatic rings. The summed E-state index contributed by atoms with van der Waals surface area (Å²) in [5, 5.41) is 0. The standard InChI is InChI=1S/C18H21N3O5/c1-11(2)17(24)26-10-13(22)14-15(19)21(18(25)20(3)16(14)23)9-12-7-5-4-6-8-12/h4-8,11H,9-10,19H2,1-3H3. The van der Waals surface area contributed by atoms with Gasteiger partial charge in [-0.05, 0) is 5.56 Å². The number of hydrogen-bond acceptors (Lipinski definition) is 6. The summed E-state index contributed by atoms with van der Waals surface area (Å²) < 4.78 is 6.84. The number of ether oxygens (including phenoxy) is 1. The number of carbonyl (C=O) groups excluding carboxylic acids is 2. The largest absolute Gasteiger partial charge is 0.457 e. The molecule has 0 unspecified atom stereocenters. The lowest BCUT2D eigenvalue weighted by Crippen LogP contribution is -2.43. The zero-order valence-corrected chi connectivity index (χ0v) is 14.9. The first kappa shape index (κ1) is 19.2. The summed E-state index contributed by atoms with van der Waals surface area (Å²) in [6.07, 6.45) is 0. The van der Waals surface area contributed by atoms with Crippen molar-refractivity contribution < 1.29 is 14.3 Å². The lowest BCUT2D eigenvalue weighted by atomic mass is 10.1.